The lowest BCUT2D eigenvalue weighted by atomic mass is 9.33. The van der Waals surface area contributed by atoms with Crippen molar-refractivity contribution in [1.82, 2.24) is 0 Å². The van der Waals surface area contributed by atoms with Crippen LogP contribution in [0.25, 0.3) is 0 Å². The number of aliphatic carboxylic acids is 1. The van der Waals surface area contributed by atoms with Gasteiger partial charge in [-0.3, -0.25) is 0 Å². The number of rotatable bonds is 10. The average molecular weight is 977 g/mol. The lowest BCUT2D eigenvalue weighted by molar-refractivity contribution is -0.387. The molecule has 0 aromatic carbocycles. The Balaban J connectivity index is 1.10. The predicted octanol–water partition coefficient (Wildman–Crippen LogP) is -2.77. The van der Waals surface area contributed by atoms with Gasteiger partial charge in [-0.1, -0.05) is 53.2 Å². The van der Waals surface area contributed by atoms with Crippen LogP contribution in [0.3, 0.4) is 0 Å². The number of carboxylic acid groups (broad SMARTS) is 1. The van der Waals surface area contributed by atoms with Crippen LogP contribution in [0.2, 0.25) is 0 Å². The second-order valence-corrected chi connectivity index (χ2v) is 23.1. The van der Waals surface area contributed by atoms with Gasteiger partial charge in [-0.25, -0.2) is 4.79 Å². The second-order valence-electron chi connectivity index (χ2n) is 23.1. The van der Waals surface area contributed by atoms with Crippen LogP contribution in [0.1, 0.15) is 86.5 Å². The summed E-state index contributed by atoms with van der Waals surface area (Å²) in [4.78, 5) is 13.0. The van der Waals surface area contributed by atoms with E-state index in [4.69, 9.17) is 28.4 Å². The van der Waals surface area contributed by atoms with Gasteiger partial charge in [0.2, 0.25) is 0 Å². The van der Waals surface area contributed by atoms with Gasteiger partial charge < -0.3 is 99.9 Å². The Morgan fingerprint density at radius 3 is 1.99 bits per heavy atom. The van der Waals surface area contributed by atoms with Crippen molar-refractivity contribution in [3.63, 3.8) is 0 Å². The Bertz CT molecular complexity index is 1870. The van der Waals surface area contributed by atoms with Crippen molar-refractivity contribution in [1.29, 1.82) is 0 Å². The van der Waals surface area contributed by atoms with E-state index in [0.717, 1.165) is 5.57 Å². The molecule has 3 saturated heterocycles. The van der Waals surface area contributed by atoms with Crippen LogP contribution < -0.4 is 0 Å². The number of carbonyl (C=O) groups is 1. The molecule has 3 heterocycles. The first-order valence-corrected chi connectivity index (χ1v) is 24.2. The Labute approximate surface area is 395 Å². The molecule has 21 nitrogen and oxygen atoms in total. The fraction of sp³-hybridized carbons (Fsp3) is 0.936. The third-order valence-electron chi connectivity index (χ3n) is 19.5. The third kappa shape index (κ3) is 7.71. The molecule has 0 amide bonds. The molecular formula is C47H76O21. The molecule has 26 atom stereocenters. The number of ether oxygens (including phenoxy) is 6. The molecule has 3 aliphatic heterocycles. The molecule has 4 saturated carbocycles. The quantitative estimate of drug-likeness (QED) is 0.0778. The summed E-state index contributed by atoms with van der Waals surface area (Å²) in [5.74, 6) is -2.30. The summed E-state index contributed by atoms with van der Waals surface area (Å²) < 4.78 is 35.6. The Morgan fingerprint density at radius 1 is 0.691 bits per heavy atom. The largest absolute Gasteiger partial charge is 0.479 e. The predicted molar refractivity (Wildman–Crippen MR) is 230 cm³/mol. The van der Waals surface area contributed by atoms with E-state index in [1.807, 2.05) is 20.8 Å². The minimum Gasteiger partial charge on any atom is -0.479 e. The lowest BCUT2D eigenvalue weighted by Crippen LogP contribution is -2.72. The molecule has 14 N–H and O–H groups in total. The number of allylic oxidation sites excluding steroid dienone is 2. The maximum Gasteiger partial charge on any atom is 0.335 e. The summed E-state index contributed by atoms with van der Waals surface area (Å²) in [5, 5.41) is 153. The molecule has 68 heavy (non-hydrogen) atoms. The number of hydrogen-bond acceptors (Lipinski definition) is 20. The first kappa shape index (κ1) is 52.8. The zero-order valence-electron chi connectivity index (χ0n) is 39.6. The van der Waals surface area contributed by atoms with Crippen molar-refractivity contribution in [2.75, 3.05) is 26.4 Å². The van der Waals surface area contributed by atoms with E-state index < -0.39 is 181 Å². The molecule has 0 bridgehead atoms. The molecule has 8 unspecified atom stereocenters. The fourth-order valence-corrected chi connectivity index (χ4v) is 15.1. The molecule has 8 aliphatic rings. The van der Waals surface area contributed by atoms with Crippen LogP contribution in [0.5, 0.6) is 0 Å². The van der Waals surface area contributed by atoms with Crippen LogP contribution in [0, 0.1) is 50.2 Å². The van der Waals surface area contributed by atoms with Gasteiger partial charge in [0.05, 0.1) is 56.3 Å². The number of hydrogen-bond donors (Lipinski definition) is 14. The lowest BCUT2D eigenvalue weighted by Gasteiger charge is -2.72. The van der Waals surface area contributed by atoms with Crippen molar-refractivity contribution in [3.05, 3.63) is 11.6 Å². The Hall–Kier alpha value is -1.55. The van der Waals surface area contributed by atoms with E-state index in [0.29, 0.717) is 38.5 Å². The summed E-state index contributed by atoms with van der Waals surface area (Å²) in [7, 11) is 0. The van der Waals surface area contributed by atoms with Gasteiger partial charge >= 0.3 is 5.97 Å². The summed E-state index contributed by atoms with van der Waals surface area (Å²) in [6.45, 7) is 10.1. The van der Waals surface area contributed by atoms with Gasteiger partial charge in [-0.2, -0.15) is 0 Å². The van der Waals surface area contributed by atoms with Crippen molar-refractivity contribution >= 4 is 5.97 Å². The highest BCUT2D eigenvalue weighted by atomic mass is 16.8. The van der Waals surface area contributed by atoms with E-state index in [1.165, 1.54) is 0 Å². The summed E-state index contributed by atoms with van der Waals surface area (Å²) in [6.07, 6.45) is -24.6. The zero-order chi connectivity index (χ0) is 50.0. The summed E-state index contributed by atoms with van der Waals surface area (Å²) >= 11 is 0. The molecule has 0 spiro atoms. The van der Waals surface area contributed by atoms with Gasteiger partial charge in [0.1, 0.15) is 61.0 Å². The highest BCUT2D eigenvalue weighted by molar-refractivity contribution is 5.73. The molecule has 21 heteroatoms. The van der Waals surface area contributed by atoms with Crippen LogP contribution in [0.15, 0.2) is 11.6 Å². The average Bonchev–Trinajstić information content (AvgIpc) is 3.28. The highest BCUT2D eigenvalue weighted by Crippen LogP contribution is 2.76. The molecule has 8 rings (SSSR count). The molecular weight excluding hydrogens is 900 g/mol. The van der Waals surface area contributed by atoms with E-state index in [-0.39, 0.29) is 18.3 Å². The maximum absolute atomic E-state index is 13.0. The van der Waals surface area contributed by atoms with Crippen molar-refractivity contribution < 1.29 is 105 Å². The standard InChI is InChI=1S/C47H76O21/c1-42(2)13-20-19-7-8-24-43(3)11-10-26(44(4,17-49)23(43)9-12-45(24,5)46(19,6)14-25(52)47(20,18-50)37(60)36(42)59)65-41-34(67-39-30(56)27(53)21(51)16-63-39)32(58)33(35(68-41)38(61)62)66-40-31(57)29(55)28(54)22(15-48)64-40/h7,20-37,39-41,48-60H,8-18H2,1-6H3,(H,61,62)/t20?,21?,22?,23?,24?,25-,26+,27-,28?,29-,30+,31+,32-,33?,34+,35?,36+,37+,39+,40+,41-,43+,44-,45-,46-,47+/m1/s1. The van der Waals surface area contributed by atoms with Crippen molar-refractivity contribution in [3.8, 4) is 0 Å². The van der Waals surface area contributed by atoms with Gasteiger partial charge in [0.15, 0.2) is 25.0 Å². The molecule has 0 aromatic rings. The van der Waals surface area contributed by atoms with Crippen molar-refractivity contribution in [2.24, 2.45) is 50.2 Å². The topological polar surface area (TPSA) is 356 Å². The van der Waals surface area contributed by atoms with Crippen LogP contribution in [-0.2, 0) is 33.2 Å². The van der Waals surface area contributed by atoms with E-state index in [2.05, 4.69) is 26.8 Å². The second kappa shape index (κ2) is 18.4. The number of carboxylic acids is 1. The van der Waals surface area contributed by atoms with E-state index in [9.17, 15) is 76.3 Å². The first-order valence-electron chi connectivity index (χ1n) is 24.2. The van der Waals surface area contributed by atoms with Gasteiger partial charge in [-0.05, 0) is 84.4 Å². The number of aliphatic hydroxyl groups is 13. The van der Waals surface area contributed by atoms with Gasteiger partial charge in [0, 0.05) is 5.41 Å². The SMILES string of the molecule is CC1(C)CC2C3=CCC4[C@@]5(C)CC[C@H](O[C@@H]6OC(C(=O)O)C(O[C@@H]7OC(CO)C(O)[C@@H](O)[C@@H]7O)[C@@H](O)[C@@H]6O[C@@H]6OCC(O)[C@@H](O)[C@@H]6O)[C@](C)(CO)C5CC[C@@]4(C)[C@]3(C)C[C@@H](O)[C@@]2(CO)[C@@H](O)[C@@H]1O. The van der Waals surface area contributed by atoms with Gasteiger partial charge in [0.25, 0.3) is 0 Å². The molecule has 0 radical (unpaired) electrons. The van der Waals surface area contributed by atoms with E-state index >= 15 is 0 Å². The van der Waals surface area contributed by atoms with Gasteiger partial charge in [-0.15, -0.1) is 0 Å². The summed E-state index contributed by atoms with van der Waals surface area (Å²) in [6, 6.07) is 0. The minimum absolute atomic E-state index is 0.00235. The smallest absolute Gasteiger partial charge is 0.335 e. The highest BCUT2D eigenvalue weighted by Gasteiger charge is 2.73. The number of aliphatic hydroxyl groups excluding tert-OH is 13. The third-order valence-corrected chi connectivity index (χ3v) is 19.5. The Kier molecular flexibility index (Phi) is 14.3. The van der Waals surface area contributed by atoms with Crippen LogP contribution in [-0.4, -0.2) is 214 Å². The molecule has 7 fully saturated rings. The van der Waals surface area contributed by atoms with Crippen LogP contribution in [0.4, 0.5) is 0 Å². The van der Waals surface area contributed by atoms with E-state index in [1.54, 1.807) is 0 Å². The molecule has 390 valence electrons. The minimum atomic E-state index is -2.09. The number of fused-ring (bicyclic) bond motifs is 7. The van der Waals surface area contributed by atoms with Crippen LogP contribution >= 0.6 is 0 Å². The zero-order valence-corrected chi connectivity index (χ0v) is 39.6. The maximum atomic E-state index is 13.0. The first-order chi connectivity index (χ1) is 31.7. The molecule has 0 aromatic heterocycles. The van der Waals surface area contributed by atoms with Crippen molar-refractivity contribution in [2.45, 2.75) is 197 Å². The monoisotopic (exact) mass is 976 g/mol. The summed E-state index contributed by atoms with van der Waals surface area (Å²) in [5.41, 5.74) is -3.48. The molecule has 5 aliphatic carbocycles. The Morgan fingerprint density at radius 2 is 1.35 bits per heavy atom. The fourth-order valence-electron chi connectivity index (χ4n) is 15.1. The normalized spacial score (nSPS) is 55.8.